The van der Waals surface area contributed by atoms with Crippen LogP contribution in [0.3, 0.4) is 0 Å². The Bertz CT molecular complexity index is 299. The molecule has 3 heteroatoms. The first kappa shape index (κ1) is 12.6. The van der Waals surface area contributed by atoms with E-state index >= 15 is 0 Å². The van der Waals surface area contributed by atoms with E-state index in [1.807, 2.05) is 4.90 Å². The molecule has 17 heavy (non-hydrogen) atoms. The van der Waals surface area contributed by atoms with Gasteiger partial charge in [0.15, 0.2) is 0 Å². The summed E-state index contributed by atoms with van der Waals surface area (Å²) in [5.41, 5.74) is 1.56. The molecule has 2 rings (SSSR count). The fraction of sp³-hybridized carbons (Fsp3) is 0.786. The number of amides is 1. The van der Waals surface area contributed by atoms with E-state index < -0.39 is 0 Å². The van der Waals surface area contributed by atoms with Gasteiger partial charge in [0, 0.05) is 13.1 Å². The highest BCUT2D eigenvalue weighted by Gasteiger charge is 2.30. The van der Waals surface area contributed by atoms with E-state index in [9.17, 15) is 4.79 Å². The zero-order valence-electron chi connectivity index (χ0n) is 10.9. The second kappa shape index (κ2) is 6.20. The number of allylic oxidation sites excluding steroid dienone is 1. The number of nitrogens with zero attached hydrogens (tertiary/aromatic N) is 1. The van der Waals surface area contributed by atoms with E-state index in [2.05, 4.69) is 18.3 Å². The monoisotopic (exact) mass is 236 g/mol. The van der Waals surface area contributed by atoms with Crippen molar-refractivity contribution in [2.45, 2.75) is 51.5 Å². The van der Waals surface area contributed by atoms with Crippen molar-refractivity contribution in [2.75, 3.05) is 19.6 Å². The summed E-state index contributed by atoms with van der Waals surface area (Å²) in [5.74, 6) is 0.317. The summed E-state index contributed by atoms with van der Waals surface area (Å²) >= 11 is 0. The average Bonchev–Trinajstić information content (AvgIpc) is 2.95. The molecule has 1 aliphatic carbocycles. The van der Waals surface area contributed by atoms with Gasteiger partial charge in [-0.1, -0.05) is 18.6 Å². The SMILES string of the molecule is CCCNC1CCN(CCC2=CCCC2)C1=O. The minimum absolute atomic E-state index is 0.0903. The van der Waals surface area contributed by atoms with Gasteiger partial charge in [0.25, 0.3) is 0 Å². The second-order valence-corrected chi connectivity index (χ2v) is 5.13. The third-order valence-electron chi connectivity index (χ3n) is 3.78. The molecule has 1 fully saturated rings. The first-order chi connectivity index (χ1) is 8.31. The lowest BCUT2D eigenvalue weighted by molar-refractivity contribution is -0.129. The highest BCUT2D eigenvalue weighted by molar-refractivity contribution is 5.83. The van der Waals surface area contributed by atoms with Crippen LogP contribution in [0.5, 0.6) is 0 Å². The summed E-state index contributed by atoms with van der Waals surface area (Å²) in [5, 5.41) is 3.33. The van der Waals surface area contributed by atoms with Crippen molar-refractivity contribution in [2.24, 2.45) is 0 Å². The Morgan fingerprint density at radius 1 is 1.53 bits per heavy atom. The lowest BCUT2D eigenvalue weighted by atomic mass is 10.1. The molecular weight excluding hydrogens is 212 g/mol. The summed E-state index contributed by atoms with van der Waals surface area (Å²) < 4.78 is 0. The van der Waals surface area contributed by atoms with Crippen LogP contribution in [-0.4, -0.2) is 36.5 Å². The van der Waals surface area contributed by atoms with Crippen molar-refractivity contribution < 1.29 is 4.79 Å². The Morgan fingerprint density at radius 2 is 2.41 bits per heavy atom. The Balaban J connectivity index is 1.73. The van der Waals surface area contributed by atoms with Crippen LogP contribution >= 0.6 is 0 Å². The standard InChI is InChI=1S/C14H24N2O/c1-2-9-15-13-8-11-16(14(13)17)10-7-12-5-3-4-6-12/h5,13,15H,2-4,6-11H2,1H3. The summed E-state index contributed by atoms with van der Waals surface area (Å²) in [6.07, 6.45) is 9.32. The van der Waals surface area contributed by atoms with E-state index in [1.165, 1.54) is 19.3 Å². The first-order valence-electron chi connectivity index (χ1n) is 7.01. The van der Waals surface area contributed by atoms with Gasteiger partial charge in [-0.3, -0.25) is 4.79 Å². The molecule has 1 aliphatic heterocycles. The largest absolute Gasteiger partial charge is 0.341 e. The molecule has 0 aromatic rings. The molecule has 1 saturated heterocycles. The van der Waals surface area contributed by atoms with Gasteiger partial charge in [0.1, 0.15) is 0 Å². The van der Waals surface area contributed by atoms with E-state index in [0.717, 1.165) is 38.9 Å². The zero-order chi connectivity index (χ0) is 12.1. The summed E-state index contributed by atoms with van der Waals surface area (Å²) in [7, 11) is 0. The molecule has 1 N–H and O–H groups in total. The quantitative estimate of drug-likeness (QED) is 0.716. The number of nitrogens with one attached hydrogen (secondary N) is 1. The maximum Gasteiger partial charge on any atom is 0.239 e. The molecule has 0 radical (unpaired) electrons. The van der Waals surface area contributed by atoms with Gasteiger partial charge in [-0.2, -0.15) is 0 Å². The number of hydrogen-bond donors (Lipinski definition) is 1. The number of carbonyl (C=O) groups excluding carboxylic acids is 1. The van der Waals surface area contributed by atoms with Crippen LogP contribution in [0.1, 0.15) is 45.4 Å². The fourth-order valence-corrected chi connectivity index (χ4v) is 2.71. The van der Waals surface area contributed by atoms with E-state index in [4.69, 9.17) is 0 Å². The highest BCUT2D eigenvalue weighted by atomic mass is 16.2. The van der Waals surface area contributed by atoms with Gasteiger partial charge in [0.05, 0.1) is 6.04 Å². The van der Waals surface area contributed by atoms with E-state index in [0.29, 0.717) is 5.91 Å². The van der Waals surface area contributed by atoms with Crippen LogP contribution < -0.4 is 5.32 Å². The number of carbonyl (C=O) groups is 1. The summed E-state index contributed by atoms with van der Waals surface area (Å²) in [4.78, 5) is 14.1. The maximum absolute atomic E-state index is 12.1. The molecular formula is C14H24N2O. The highest BCUT2D eigenvalue weighted by Crippen LogP contribution is 2.22. The molecule has 3 nitrogen and oxygen atoms in total. The molecule has 1 amide bonds. The summed E-state index contributed by atoms with van der Waals surface area (Å²) in [6, 6.07) is 0.0903. The van der Waals surface area contributed by atoms with Gasteiger partial charge in [-0.15, -0.1) is 0 Å². The average molecular weight is 236 g/mol. The van der Waals surface area contributed by atoms with Crippen molar-refractivity contribution in [3.05, 3.63) is 11.6 Å². The lowest BCUT2D eigenvalue weighted by Crippen LogP contribution is -2.38. The second-order valence-electron chi connectivity index (χ2n) is 5.13. The molecule has 0 spiro atoms. The van der Waals surface area contributed by atoms with Crippen LogP contribution in [0.25, 0.3) is 0 Å². The van der Waals surface area contributed by atoms with Crippen LogP contribution in [0.2, 0.25) is 0 Å². The van der Waals surface area contributed by atoms with Gasteiger partial charge < -0.3 is 10.2 Å². The predicted octanol–water partition coefficient (Wildman–Crippen LogP) is 2.09. The third-order valence-corrected chi connectivity index (χ3v) is 3.78. The molecule has 0 aromatic carbocycles. The smallest absolute Gasteiger partial charge is 0.239 e. The van der Waals surface area contributed by atoms with E-state index in [-0.39, 0.29) is 6.04 Å². The van der Waals surface area contributed by atoms with Crippen molar-refractivity contribution in [3.8, 4) is 0 Å². The van der Waals surface area contributed by atoms with Crippen molar-refractivity contribution in [3.63, 3.8) is 0 Å². The Kier molecular flexibility index (Phi) is 4.60. The maximum atomic E-state index is 12.1. The molecule has 1 unspecified atom stereocenters. The fourth-order valence-electron chi connectivity index (χ4n) is 2.71. The third kappa shape index (κ3) is 3.32. The molecule has 0 bridgehead atoms. The number of likely N-dealkylation sites (tertiary alicyclic amines) is 1. The minimum atomic E-state index is 0.0903. The van der Waals surface area contributed by atoms with Crippen LogP contribution in [-0.2, 0) is 4.79 Å². The van der Waals surface area contributed by atoms with Crippen LogP contribution in [0.4, 0.5) is 0 Å². The Hall–Kier alpha value is -0.830. The van der Waals surface area contributed by atoms with Crippen LogP contribution in [0.15, 0.2) is 11.6 Å². The molecule has 96 valence electrons. The van der Waals surface area contributed by atoms with Gasteiger partial charge >= 0.3 is 0 Å². The molecule has 1 atom stereocenters. The Morgan fingerprint density at radius 3 is 3.12 bits per heavy atom. The molecule has 0 saturated carbocycles. The van der Waals surface area contributed by atoms with Gasteiger partial charge in [0.2, 0.25) is 5.91 Å². The van der Waals surface area contributed by atoms with Gasteiger partial charge in [-0.05, 0) is 45.1 Å². The topological polar surface area (TPSA) is 32.3 Å². The molecule has 2 aliphatic rings. The van der Waals surface area contributed by atoms with Crippen molar-refractivity contribution >= 4 is 5.91 Å². The molecule has 0 aromatic heterocycles. The zero-order valence-corrected chi connectivity index (χ0v) is 10.9. The first-order valence-corrected chi connectivity index (χ1v) is 7.01. The van der Waals surface area contributed by atoms with E-state index in [1.54, 1.807) is 5.57 Å². The van der Waals surface area contributed by atoms with Gasteiger partial charge in [-0.25, -0.2) is 0 Å². The van der Waals surface area contributed by atoms with Crippen LogP contribution in [0, 0.1) is 0 Å². The Labute approximate surface area is 104 Å². The minimum Gasteiger partial charge on any atom is -0.341 e. The number of hydrogen-bond acceptors (Lipinski definition) is 2. The lowest BCUT2D eigenvalue weighted by Gasteiger charge is -2.17. The van der Waals surface area contributed by atoms with Crippen molar-refractivity contribution in [1.29, 1.82) is 0 Å². The van der Waals surface area contributed by atoms with Crippen molar-refractivity contribution in [1.82, 2.24) is 10.2 Å². The molecule has 1 heterocycles. The summed E-state index contributed by atoms with van der Waals surface area (Å²) in [6.45, 7) is 4.95. The normalized spacial score (nSPS) is 24.5. The predicted molar refractivity (Wildman–Crippen MR) is 69.8 cm³/mol. The number of rotatable bonds is 6.